The molecule has 9 heteroatoms. The molecule has 0 unspecified atom stereocenters. The van der Waals surface area contributed by atoms with Gasteiger partial charge in [-0.1, -0.05) is 17.7 Å². The number of rotatable bonds is 4. The molecule has 0 radical (unpaired) electrons. The second kappa shape index (κ2) is 7.93. The molecule has 1 aliphatic heterocycles. The van der Waals surface area contributed by atoms with Gasteiger partial charge in [-0.25, -0.2) is 12.8 Å². The van der Waals surface area contributed by atoms with Crippen LogP contribution in [0.5, 0.6) is 0 Å². The molecule has 6 nitrogen and oxygen atoms in total. The fraction of sp³-hybridized carbons (Fsp3) is 0.278. The minimum atomic E-state index is -3.72. The summed E-state index contributed by atoms with van der Waals surface area (Å²) in [4.78, 5) is 12.6. The first-order chi connectivity index (χ1) is 12.8. The van der Waals surface area contributed by atoms with E-state index in [0.717, 1.165) is 6.07 Å². The number of halogens is 2. The molecule has 3 rings (SSSR count). The maximum atomic E-state index is 13.6. The van der Waals surface area contributed by atoms with Crippen molar-refractivity contribution >= 4 is 33.2 Å². The van der Waals surface area contributed by atoms with E-state index in [4.69, 9.17) is 16.3 Å². The summed E-state index contributed by atoms with van der Waals surface area (Å²) >= 11 is 5.64. The van der Waals surface area contributed by atoms with Crippen LogP contribution in [0.15, 0.2) is 41.3 Å². The first-order valence-electron chi connectivity index (χ1n) is 8.24. The van der Waals surface area contributed by atoms with Gasteiger partial charge in [-0.2, -0.15) is 4.31 Å². The third-order valence-corrected chi connectivity index (χ3v) is 6.44. The monoisotopic (exact) mass is 412 g/mol. The van der Waals surface area contributed by atoms with Gasteiger partial charge >= 0.3 is 0 Å². The number of ether oxygens (including phenoxy) is 1. The summed E-state index contributed by atoms with van der Waals surface area (Å²) < 4.78 is 45.7. The summed E-state index contributed by atoms with van der Waals surface area (Å²) in [5.41, 5.74) is 1.02. The number of nitrogens with zero attached hydrogens (tertiary/aromatic N) is 1. The van der Waals surface area contributed by atoms with Crippen LogP contribution in [-0.4, -0.2) is 44.9 Å². The van der Waals surface area contributed by atoms with Gasteiger partial charge in [0.15, 0.2) is 0 Å². The number of amides is 1. The fourth-order valence-electron chi connectivity index (χ4n) is 2.71. The molecule has 144 valence electrons. The second-order valence-corrected chi connectivity index (χ2v) is 8.42. The Bertz CT molecular complexity index is 975. The Labute approximate surface area is 161 Å². The Balaban J connectivity index is 1.88. The van der Waals surface area contributed by atoms with Crippen LogP contribution in [-0.2, 0) is 14.8 Å². The van der Waals surface area contributed by atoms with Crippen molar-refractivity contribution in [2.45, 2.75) is 11.8 Å². The number of aryl methyl sites for hydroxylation is 1. The molecule has 0 saturated carbocycles. The van der Waals surface area contributed by atoms with E-state index in [1.54, 1.807) is 13.0 Å². The van der Waals surface area contributed by atoms with Crippen molar-refractivity contribution in [1.29, 1.82) is 0 Å². The molecule has 0 aromatic heterocycles. The smallest absolute Gasteiger partial charge is 0.255 e. The number of carbonyl (C=O) groups is 1. The molecule has 1 fully saturated rings. The second-order valence-electron chi connectivity index (χ2n) is 6.08. The van der Waals surface area contributed by atoms with E-state index in [1.165, 1.54) is 28.6 Å². The van der Waals surface area contributed by atoms with Crippen molar-refractivity contribution in [3.63, 3.8) is 0 Å². The van der Waals surface area contributed by atoms with Crippen molar-refractivity contribution in [2.24, 2.45) is 0 Å². The molecule has 2 aromatic carbocycles. The predicted octanol–water partition coefficient (Wildman–Crippen LogP) is 3.06. The standard InChI is InChI=1S/C18H18ClFN2O4S/c1-12-2-4-14(27(24,25)22-6-8-26-9-7-22)11-15(12)18(23)21-13-3-5-16(19)17(20)10-13/h2-5,10-11H,6-9H2,1H3,(H,21,23). The number of nitrogens with one attached hydrogen (secondary N) is 1. The zero-order valence-electron chi connectivity index (χ0n) is 14.5. The van der Waals surface area contributed by atoms with Crippen LogP contribution in [0.1, 0.15) is 15.9 Å². The Morgan fingerprint density at radius 1 is 1.19 bits per heavy atom. The normalized spacial score (nSPS) is 15.5. The zero-order valence-corrected chi connectivity index (χ0v) is 16.1. The number of benzene rings is 2. The van der Waals surface area contributed by atoms with Gasteiger partial charge in [-0.3, -0.25) is 4.79 Å². The highest BCUT2D eigenvalue weighted by Gasteiger charge is 2.27. The number of anilines is 1. The van der Waals surface area contributed by atoms with Crippen molar-refractivity contribution in [2.75, 3.05) is 31.6 Å². The van der Waals surface area contributed by atoms with Crippen LogP contribution >= 0.6 is 11.6 Å². The number of hydrogen-bond donors (Lipinski definition) is 1. The number of morpholine rings is 1. The number of sulfonamides is 1. The molecule has 27 heavy (non-hydrogen) atoms. The SMILES string of the molecule is Cc1ccc(S(=O)(=O)N2CCOCC2)cc1C(=O)Nc1ccc(Cl)c(F)c1. The third kappa shape index (κ3) is 4.30. The van der Waals surface area contributed by atoms with Gasteiger partial charge in [0.05, 0.1) is 23.1 Å². The molecule has 1 heterocycles. The van der Waals surface area contributed by atoms with Crippen LogP contribution in [0.25, 0.3) is 0 Å². The van der Waals surface area contributed by atoms with Crippen molar-refractivity contribution in [3.8, 4) is 0 Å². The first-order valence-corrected chi connectivity index (χ1v) is 10.1. The molecule has 0 bridgehead atoms. The van der Waals surface area contributed by atoms with Crippen LogP contribution in [0.2, 0.25) is 5.02 Å². The largest absolute Gasteiger partial charge is 0.379 e. The lowest BCUT2D eigenvalue weighted by Crippen LogP contribution is -2.40. The summed E-state index contributed by atoms with van der Waals surface area (Å²) in [7, 11) is -3.72. The van der Waals surface area contributed by atoms with Crippen LogP contribution in [0.4, 0.5) is 10.1 Å². The van der Waals surface area contributed by atoms with Gasteiger partial charge in [0.2, 0.25) is 10.0 Å². The van der Waals surface area contributed by atoms with Crippen LogP contribution in [0, 0.1) is 12.7 Å². The van der Waals surface area contributed by atoms with E-state index in [0.29, 0.717) is 18.8 Å². The fourth-order valence-corrected chi connectivity index (χ4v) is 4.27. The summed E-state index contributed by atoms with van der Waals surface area (Å²) in [6, 6.07) is 8.28. The highest BCUT2D eigenvalue weighted by atomic mass is 35.5. The first kappa shape index (κ1) is 19.8. The lowest BCUT2D eigenvalue weighted by Gasteiger charge is -2.26. The van der Waals surface area contributed by atoms with Crippen molar-refractivity contribution in [3.05, 3.63) is 58.4 Å². The molecule has 1 amide bonds. The van der Waals surface area contributed by atoms with Gasteiger partial charge < -0.3 is 10.1 Å². The van der Waals surface area contributed by atoms with E-state index in [1.807, 2.05) is 0 Å². The van der Waals surface area contributed by atoms with Gasteiger partial charge in [0.25, 0.3) is 5.91 Å². The third-order valence-electron chi connectivity index (χ3n) is 4.24. The van der Waals surface area contributed by atoms with Crippen molar-refractivity contribution in [1.82, 2.24) is 4.31 Å². The molecule has 1 aliphatic rings. The molecule has 1 N–H and O–H groups in total. The Morgan fingerprint density at radius 2 is 1.89 bits per heavy atom. The highest BCUT2D eigenvalue weighted by molar-refractivity contribution is 7.89. The van der Waals surface area contributed by atoms with Gasteiger partial charge in [0.1, 0.15) is 5.82 Å². The molecule has 0 spiro atoms. The van der Waals surface area contributed by atoms with E-state index in [-0.39, 0.29) is 34.3 Å². The molecular formula is C18H18ClFN2O4S. The number of carbonyl (C=O) groups excluding carboxylic acids is 1. The Morgan fingerprint density at radius 3 is 2.56 bits per heavy atom. The minimum absolute atomic E-state index is 0.0300. The maximum absolute atomic E-state index is 13.6. The van der Waals surface area contributed by atoms with E-state index in [2.05, 4.69) is 5.32 Å². The summed E-state index contributed by atoms with van der Waals surface area (Å²) in [5, 5.41) is 2.51. The average Bonchev–Trinajstić information content (AvgIpc) is 2.65. The molecule has 1 saturated heterocycles. The topological polar surface area (TPSA) is 75.7 Å². The van der Waals surface area contributed by atoms with Gasteiger partial charge in [-0.05, 0) is 42.8 Å². The van der Waals surface area contributed by atoms with Gasteiger partial charge in [-0.15, -0.1) is 0 Å². The summed E-state index contributed by atoms with van der Waals surface area (Å²) in [5.74, 6) is -1.19. The van der Waals surface area contributed by atoms with Crippen LogP contribution < -0.4 is 5.32 Å². The molecule has 2 aromatic rings. The summed E-state index contributed by atoms with van der Waals surface area (Å²) in [6.07, 6.45) is 0. The molecule has 0 aliphatic carbocycles. The quantitative estimate of drug-likeness (QED) is 0.837. The zero-order chi connectivity index (χ0) is 19.6. The van der Waals surface area contributed by atoms with E-state index >= 15 is 0 Å². The molecule has 0 atom stereocenters. The van der Waals surface area contributed by atoms with Crippen molar-refractivity contribution < 1.29 is 22.3 Å². The predicted molar refractivity (Wildman–Crippen MR) is 100 cm³/mol. The Kier molecular flexibility index (Phi) is 5.81. The minimum Gasteiger partial charge on any atom is -0.379 e. The van der Waals surface area contributed by atoms with E-state index < -0.39 is 21.7 Å². The van der Waals surface area contributed by atoms with Crippen LogP contribution in [0.3, 0.4) is 0 Å². The average molecular weight is 413 g/mol. The number of hydrogen-bond acceptors (Lipinski definition) is 4. The van der Waals surface area contributed by atoms with Gasteiger partial charge in [0, 0.05) is 24.3 Å². The summed E-state index contributed by atoms with van der Waals surface area (Å²) in [6.45, 7) is 2.90. The Hall–Kier alpha value is -2.00. The lowest BCUT2D eigenvalue weighted by atomic mass is 10.1. The van der Waals surface area contributed by atoms with E-state index in [9.17, 15) is 17.6 Å². The highest BCUT2D eigenvalue weighted by Crippen LogP contribution is 2.23. The molecular weight excluding hydrogens is 395 g/mol. The lowest BCUT2D eigenvalue weighted by molar-refractivity contribution is 0.0730. The maximum Gasteiger partial charge on any atom is 0.255 e.